The molecule has 0 fully saturated rings. The second kappa shape index (κ2) is 7.46. The fourth-order valence-corrected chi connectivity index (χ4v) is 3.68. The van der Waals surface area contributed by atoms with Crippen LogP contribution in [0.5, 0.6) is 5.88 Å². The molecule has 2 aromatic carbocycles. The van der Waals surface area contributed by atoms with Gasteiger partial charge in [0.05, 0.1) is 5.52 Å². The number of aromatic nitrogens is 1. The molecule has 0 saturated heterocycles. The van der Waals surface area contributed by atoms with E-state index in [1.807, 2.05) is 0 Å². The zero-order chi connectivity index (χ0) is 17.9. The van der Waals surface area contributed by atoms with Crippen molar-refractivity contribution in [3.63, 3.8) is 0 Å². The summed E-state index contributed by atoms with van der Waals surface area (Å²) in [5.41, 5.74) is 6.22. The lowest BCUT2D eigenvalue weighted by Crippen LogP contribution is -2.27. The predicted molar refractivity (Wildman–Crippen MR) is 107 cm³/mol. The molecule has 0 saturated carbocycles. The fourth-order valence-electron chi connectivity index (χ4n) is 3.68. The molecule has 0 bridgehead atoms. The number of fused-ring (bicyclic) bond motifs is 2. The number of hydrogen-bond acceptors (Lipinski definition) is 3. The molecule has 0 unspecified atom stereocenters. The standard InChI is InChI=1S/C23H26N2O/c1-17-10-11-20-15-21-16-25(12-6-9-19-7-4-3-5-8-19)13-14-26-23(21)24-22(20)18(17)2/h3-5,7-8,10-11,15H,6,9,12-14,16H2,1-2H3. The number of nitrogens with zero attached hydrogens (tertiary/aromatic N) is 2. The number of benzene rings is 2. The van der Waals surface area contributed by atoms with Crippen molar-refractivity contribution < 1.29 is 4.74 Å². The van der Waals surface area contributed by atoms with Gasteiger partial charge in [0.2, 0.25) is 5.88 Å². The fraction of sp³-hybridized carbons (Fsp3) is 0.348. The van der Waals surface area contributed by atoms with Crippen molar-refractivity contribution in [2.75, 3.05) is 19.7 Å². The zero-order valence-electron chi connectivity index (χ0n) is 15.7. The van der Waals surface area contributed by atoms with E-state index in [4.69, 9.17) is 9.72 Å². The van der Waals surface area contributed by atoms with Gasteiger partial charge >= 0.3 is 0 Å². The highest BCUT2D eigenvalue weighted by Gasteiger charge is 2.18. The van der Waals surface area contributed by atoms with Crippen LogP contribution in [0.2, 0.25) is 0 Å². The Labute approximate surface area is 155 Å². The average Bonchev–Trinajstić information content (AvgIpc) is 2.86. The van der Waals surface area contributed by atoms with Crippen molar-refractivity contribution in [3.8, 4) is 5.88 Å². The first-order valence-electron chi connectivity index (χ1n) is 9.49. The van der Waals surface area contributed by atoms with Crippen LogP contribution in [0.3, 0.4) is 0 Å². The van der Waals surface area contributed by atoms with E-state index < -0.39 is 0 Å². The van der Waals surface area contributed by atoms with E-state index in [0.29, 0.717) is 6.61 Å². The minimum absolute atomic E-state index is 0.710. The Bertz CT molecular complexity index is 905. The van der Waals surface area contributed by atoms with Gasteiger partial charge < -0.3 is 4.74 Å². The topological polar surface area (TPSA) is 25.4 Å². The average molecular weight is 346 g/mol. The smallest absolute Gasteiger partial charge is 0.218 e. The first kappa shape index (κ1) is 17.0. The monoisotopic (exact) mass is 346 g/mol. The van der Waals surface area contributed by atoms with Crippen molar-refractivity contribution in [3.05, 3.63) is 70.8 Å². The van der Waals surface area contributed by atoms with E-state index in [0.717, 1.165) is 37.5 Å². The van der Waals surface area contributed by atoms with Gasteiger partial charge in [-0.25, -0.2) is 4.98 Å². The van der Waals surface area contributed by atoms with Crippen LogP contribution in [-0.4, -0.2) is 29.6 Å². The summed E-state index contributed by atoms with van der Waals surface area (Å²) in [5, 5.41) is 1.21. The molecule has 3 aromatic rings. The molecule has 1 aliphatic heterocycles. The van der Waals surface area contributed by atoms with Gasteiger partial charge in [-0.3, -0.25) is 4.90 Å². The maximum absolute atomic E-state index is 5.99. The Morgan fingerprint density at radius 2 is 1.92 bits per heavy atom. The second-order valence-electron chi connectivity index (χ2n) is 7.25. The Balaban J connectivity index is 1.49. The van der Waals surface area contributed by atoms with Crippen LogP contribution in [0.1, 0.15) is 28.7 Å². The predicted octanol–water partition coefficient (Wildman–Crippen LogP) is 4.68. The second-order valence-corrected chi connectivity index (χ2v) is 7.25. The first-order chi connectivity index (χ1) is 12.7. The normalized spacial score (nSPS) is 14.7. The minimum Gasteiger partial charge on any atom is -0.476 e. The quantitative estimate of drug-likeness (QED) is 0.686. The number of hydrogen-bond donors (Lipinski definition) is 0. The minimum atomic E-state index is 0.710. The lowest BCUT2D eigenvalue weighted by molar-refractivity contribution is 0.222. The van der Waals surface area contributed by atoms with Crippen molar-refractivity contribution in [1.82, 2.24) is 9.88 Å². The van der Waals surface area contributed by atoms with Gasteiger partial charge in [-0.1, -0.05) is 42.5 Å². The van der Waals surface area contributed by atoms with E-state index in [-0.39, 0.29) is 0 Å². The molecule has 0 radical (unpaired) electrons. The van der Waals surface area contributed by atoms with Crippen LogP contribution in [0.25, 0.3) is 10.9 Å². The van der Waals surface area contributed by atoms with Crippen molar-refractivity contribution in [2.45, 2.75) is 33.2 Å². The summed E-state index contributed by atoms with van der Waals surface area (Å²) < 4.78 is 5.99. The molecule has 0 atom stereocenters. The zero-order valence-corrected chi connectivity index (χ0v) is 15.7. The highest BCUT2D eigenvalue weighted by atomic mass is 16.5. The maximum Gasteiger partial charge on any atom is 0.218 e. The molecular weight excluding hydrogens is 320 g/mol. The number of rotatable bonds is 4. The largest absolute Gasteiger partial charge is 0.476 e. The Morgan fingerprint density at radius 1 is 1.08 bits per heavy atom. The van der Waals surface area contributed by atoms with Crippen LogP contribution in [-0.2, 0) is 13.0 Å². The van der Waals surface area contributed by atoms with Gasteiger partial charge in [0.1, 0.15) is 6.61 Å². The lowest BCUT2D eigenvalue weighted by Gasteiger charge is -2.19. The summed E-state index contributed by atoms with van der Waals surface area (Å²) >= 11 is 0. The molecule has 3 heteroatoms. The van der Waals surface area contributed by atoms with Gasteiger partial charge in [0, 0.05) is 24.0 Å². The van der Waals surface area contributed by atoms with E-state index >= 15 is 0 Å². The molecule has 1 aliphatic rings. The number of aryl methyl sites for hydroxylation is 3. The Morgan fingerprint density at radius 3 is 2.77 bits per heavy atom. The van der Waals surface area contributed by atoms with Gasteiger partial charge in [-0.2, -0.15) is 0 Å². The molecule has 4 rings (SSSR count). The maximum atomic E-state index is 5.99. The summed E-state index contributed by atoms with van der Waals surface area (Å²) in [5.74, 6) is 0.816. The molecule has 3 nitrogen and oxygen atoms in total. The lowest BCUT2D eigenvalue weighted by atomic mass is 10.0. The third-order valence-corrected chi connectivity index (χ3v) is 5.37. The van der Waals surface area contributed by atoms with Gasteiger partial charge in [-0.05, 0) is 56.0 Å². The van der Waals surface area contributed by atoms with Gasteiger partial charge in [-0.15, -0.1) is 0 Å². The molecule has 0 spiro atoms. The summed E-state index contributed by atoms with van der Waals surface area (Å²) in [6.07, 6.45) is 2.29. The van der Waals surface area contributed by atoms with E-state index in [9.17, 15) is 0 Å². The third-order valence-electron chi connectivity index (χ3n) is 5.37. The Hall–Kier alpha value is -2.39. The summed E-state index contributed by atoms with van der Waals surface area (Å²) in [7, 11) is 0. The first-order valence-corrected chi connectivity index (χ1v) is 9.49. The van der Waals surface area contributed by atoms with Crippen LogP contribution in [0.15, 0.2) is 48.5 Å². The highest BCUT2D eigenvalue weighted by molar-refractivity contribution is 5.84. The van der Waals surface area contributed by atoms with E-state index in [2.05, 4.69) is 67.3 Å². The van der Waals surface area contributed by atoms with E-state index in [1.54, 1.807) is 0 Å². The molecule has 1 aromatic heterocycles. The molecule has 0 aliphatic carbocycles. The van der Waals surface area contributed by atoms with Crippen LogP contribution >= 0.6 is 0 Å². The number of ether oxygens (including phenoxy) is 1. The molecular formula is C23H26N2O. The van der Waals surface area contributed by atoms with E-state index in [1.165, 1.54) is 34.1 Å². The van der Waals surface area contributed by atoms with Crippen LogP contribution < -0.4 is 4.74 Å². The molecule has 0 N–H and O–H groups in total. The summed E-state index contributed by atoms with van der Waals surface area (Å²) in [4.78, 5) is 7.34. The van der Waals surface area contributed by atoms with Crippen LogP contribution in [0.4, 0.5) is 0 Å². The van der Waals surface area contributed by atoms with Crippen molar-refractivity contribution >= 4 is 10.9 Å². The van der Waals surface area contributed by atoms with Crippen molar-refractivity contribution in [1.29, 1.82) is 0 Å². The van der Waals surface area contributed by atoms with Crippen LogP contribution in [0, 0.1) is 13.8 Å². The third kappa shape index (κ3) is 3.58. The summed E-state index contributed by atoms with van der Waals surface area (Å²) in [6, 6.07) is 17.4. The van der Waals surface area contributed by atoms with Gasteiger partial charge in [0.25, 0.3) is 0 Å². The summed E-state index contributed by atoms with van der Waals surface area (Å²) in [6.45, 7) is 7.95. The highest BCUT2D eigenvalue weighted by Crippen LogP contribution is 2.28. The Kier molecular flexibility index (Phi) is 4.89. The SMILES string of the molecule is Cc1ccc2cc3c(nc2c1C)OCCN(CCCc1ccccc1)C3. The van der Waals surface area contributed by atoms with Crippen molar-refractivity contribution in [2.24, 2.45) is 0 Å². The van der Waals surface area contributed by atoms with Gasteiger partial charge in [0.15, 0.2) is 0 Å². The molecule has 26 heavy (non-hydrogen) atoms. The molecule has 134 valence electrons. The molecule has 0 amide bonds. The number of pyridine rings is 1. The molecule has 2 heterocycles.